The van der Waals surface area contributed by atoms with Gasteiger partial charge in [-0.15, -0.1) is 0 Å². The first kappa shape index (κ1) is 24.4. The van der Waals surface area contributed by atoms with Gasteiger partial charge in [-0.3, -0.25) is 4.79 Å². The van der Waals surface area contributed by atoms with Gasteiger partial charge >= 0.3 is 6.18 Å². The normalized spacial score (nSPS) is 17.7. The van der Waals surface area contributed by atoms with Gasteiger partial charge in [-0.2, -0.15) is 17.5 Å². The Bertz CT molecular complexity index is 1140. The predicted molar refractivity (Wildman–Crippen MR) is 120 cm³/mol. The number of carbonyl (C=O) groups is 1. The molecule has 2 aromatic carbocycles. The number of sulfonamides is 1. The molecule has 0 radical (unpaired) electrons. The van der Waals surface area contributed by atoms with Gasteiger partial charge in [0.15, 0.2) is 0 Å². The molecule has 1 saturated heterocycles. The summed E-state index contributed by atoms with van der Waals surface area (Å²) in [5.41, 5.74) is 0.568. The van der Waals surface area contributed by atoms with Crippen molar-refractivity contribution in [1.29, 1.82) is 0 Å². The van der Waals surface area contributed by atoms with Gasteiger partial charge in [0.2, 0.25) is 15.9 Å². The third-order valence-corrected chi connectivity index (χ3v) is 7.72. The Morgan fingerprint density at radius 1 is 1.03 bits per heavy atom. The van der Waals surface area contributed by atoms with Crippen LogP contribution >= 0.6 is 0 Å². The smallest absolute Gasteiger partial charge is 0.379 e. The van der Waals surface area contributed by atoms with Crippen molar-refractivity contribution in [3.63, 3.8) is 0 Å². The lowest BCUT2D eigenvalue weighted by Crippen LogP contribution is -2.40. The summed E-state index contributed by atoms with van der Waals surface area (Å²) in [5, 5.41) is 0. The van der Waals surface area contributed by atoms with Crippen LogP contribution in [-0.2, 0) is 32.3 Å². The van der Waals surface area contributed by atoms with Crippen molar-refractivity contribution < 1.29 is 31.1 Å². The summed E-state index contributed by atoms with van der Waals surface area (Å²) in [6.07, 6.45) is 0.330. The van der Waals surface area contributed by atoms with Crippen molar-refractivity contribution in [2.75, 3.05) is 26.3 Å². The van der Waals surface area contributed by atoms with E-state index in [2.05, 4.69) is 0 Å². The summed E-state index contributed by atoms with van der Waals surface area (Å²) in [6, 6.07) is 11.2. The van der Waals surface area contributed by atoms with Crippen LogP contribution in [0.1, 0.15) is 29.5 Å². The molecule has 1 saturated carbocycles. The molecule has 182 valence electrons. The molecule has 0 aromatic heterocycles. The zero-order valence-corrected chi connectivity index (χ0v) is 19.2. The number of rotatable bonds is 7. The highest BCUT2D eigenvalue weighted by molar-refractivity contribution is 7.89. The maximum atomic E-state index is 12.8. The molecule has 2 fully saturated rings. The second-order valence-electron chi connectivity index (χ2n) is 8.31. The molecule has 1 heterocycles. The number of benzene rings is 2. The van der Waals surface area contributed by atoms with Crippen LogP contribution < -0.4 is 0 Å². The summed E-state index contributed by atoms with van der Waals surface area (Å²) in [4.78, 5) is 14.6. The maximum Gasteiger partial charge on any atom is 0.416 e. The van der Waals surface area contributed by atoms with Gasteiger partial charge in [-0.05, 0) is 54.3 Å². The number of halogens is 3. The minimum atomic E-state index is -4.40. The summed E-state index contributed by atoms with van der Waals surface area (Å²) in [7, 11) is -3.59. The number of alkyl halides is 3. The standard InChI is InChI=1S/C24H25F3N2O4S/c25-24(26,27)20-6-1-19(2-7-20)17-29(21-8-9-21)23(30)12-5-18-3-10-22(11-4-18)34(31,32)28-13-15-33-16-14-28/h1-7,10-12,21H,8-9,13-17H2/b12-5+. The van der Waals surface area contributed by atoms with Crippen molar-refractivity contribution >= 4 is 22.0 Å². The minimum absolute atomic E-state index is 0.0699. The lowest BCUT2D eigenvalue weighted by atomic mass is 10.1. The predicted octanol–water partition coefficient (Wildman–Crippen LogP) is 3.93. The molecule has 0 atom stereocenters. The first-order chi connectivity index (χ1) is 16.1. The van der Waals surface area contributed by atoms with E-state index in [1.807, 2.05) is 0 Å². The lowest BCUT2D eigenvalue weighted by Gasteiger charge is -2.26. The number of morpholine rings is 1. The third kappa shape index (κ3) is 5.86. The Balaban J connectivity index is 1.41. The Hall–Kier alpha value is -2.69. The fraction of sp³-hybridized carbons (Fsp3) is 0.375. The molecule has 2 aromatic rings. The van der Waals surface area contributed by atoms with Crippen LogP contribution in [0.2, 0.25) is 0 Å². The molecular formula is C24H25F3N2O4S. The summed E-state index contributed by atoms with van der Waals surface area (Å²) < 4.78 is 70.4. The monoisotopic (exact) mass is 494 g/mol. The highest BCUT2D eigenvalue weighted by atomic mass is 32.2. The molecule has 1 aliphatic heterocycles. The van der Waals surface area contributed by atoms with E-state index < -0.39 is 21.8 Å². The lowest BCUT2D eigenvalue weighted by molar-refractivity contribution is -0.137. The Morgan fingerprint density at radius 3 is 2.21 bits per heavy atom. The molecule has 4 rings (SSSR count). The SMILES string of the molecule is O=C(/C=C/c1ccc(S(=O)(=O)N2CCOCC2)cc1)N(Cc1ccc(C(F)(F)F)cc1)C1CC1. The molecule has 34 heavy (non-hydrogen) atoms. The number of hydrogen-bond acceptors (Lipinski definition) is 4. The molecule has 2 aliphatic rings. The van der Waals surface area contributed by atoms with E-state index in [1.165, 1.54) is 34.6 Å². The summed E-state index contributed by atoms with van der Waals surface area (Å²) >= 11 is 0. The minimum Gasteiger partial charge on any atom is -0.379 e. The van der Waals surface area contributed by atoms with Crippen LogP contribution in [0, 0.1) is 0 Å². The van der Waals surface area contributed by atoms with E-state index in [0.717, 1.165) is 25.0 Å². The first-order valence-electron chi connectivity index (χ1n) is 11.0. The van der Waals surface area contributed by atoms with Gasteiger partial charge in [0.25, 0.3) is 0 Å². The second kappa shape index (κ2) is 9.89. The van der Waals surface area contributed by atoms with E-state index in [1.54, 1.807) is 23.1 Å². The first-order valence-corrected chi connectivity index (χ1v) is 12.4. The molecule has 0 bridgehead atoms. The van der Waals surface area contributed by atoms with Crippen LogP contribution in [0.5, 0.6) is 0 Å². The van der Waals surface area contributed by atoms with Crippen LogP contribution in [-0.4, -0.2) is 55.9 Å². The number of carbonyl (C=O) groups excluding carboxylic acids is 1. The number of hydrogen-bond donors (Lipinski definition) is 0. The Kier molecular flexibility index (Phi) is 7.11. The molecule has 1 amide bonds. The van der Waals surface area contributed by atoms with Crippen LogP contribution in [0.4, 0.5) is 13.2 Å². The summed E-state index contributed by atoms with van der Waals surface area (Å²) in [5.74, 6) is -0.243. The van der Waals surface area contributed by atoms with E-state index in [-0.39, 0.29) is 23.4 Å². The van der Waals surface area contributed by atoms with Gasteiger partial charge in [0, 0.05) is 31.8 Å². The number of nitrogens with zero attached hydrogens (tertiary/aromatic N) is 2. The number of amides is 1. The molecule has 1 aliphatic carbocycles. The second-order valence-corrected chi connectivity index (χ2v) is 10.2. The Labute approximate surface area is 196 Å². The highest BCUT2D eigenvalue weighted by Gasteiger charge is 2.33. The number of ether oxygens (including phenoxy) is 1. The van der Waals surface area contributed by atoms with Crippen molar-refractivity contribution in [3.05, 3.63) is 71.3 Å². The fourth-order valence-electron chi connectivity index (χ4n) is 3.72. The van der Waals surface area contributed by atoms with Crippen LogP contribution in [0.25, 0.3) is 6.08 Å². The zero-order chi connectivity index (χ0) is 24.3. The summed E-state index contributed by atoms with van der Waals surface area (Å²) in [6.45, 7) is 1.59. The molecule has 0 N–H and O–H groups in total. The molecule has 0 unspecified atom stereocenters. The third-order valence-electron chi connectivity index (χ3n) is 5.81. The topological polar surface area (TPSA) is 66.9 Å². The average molecular weight is 495 g/mol. The molecule has 10 heteroatoms. The average Bonchev–Trinajstić information content (AvgIpc) is 3.67. The van der Waals surface area contributed by atoms with Crippen molar-refractivity contribution in [3.8, 4) is 0 Å². The van der Waals surface area contributed by atoms with Gasteiger partial charge in [-0.25, -0.2) is 8.42 Å². The maximum absolute atomic E-state index is 12.8. The Morgan fingerprint density at radius 2 is 1.65 bits per heavy atom. The molecule has 6 nitrogen and oxygen atoms in total. The van der Waals surface area contributed by atoms with Crippen LogP contribution in [0.3, 0.4) is 0 Å². The quantitative estimate of drug-likeness (QED) is 0.547. The van der Waals surface area contributed by atoms with Crippen LogP contribution in [0.15, 0.2) is 59.5 Å². The van der Waals surface area contributed by atoms with Crippen molar-refractivity contribution in [1.82, 2.24) is 9.21 Å². The zero-order valence-electron chi connectivity index (χ0n) is 18.4. The van der Waals surface area contributed by atoms with E-state index >= 15 is 0 Å². The van der Waals surface area contributed by atoms with E-state index in [4.69, 9.17) is 4.74 Å². The van der Waals surface area contributed by atoms with Gasteiger partial charge in [0.05, 0.1) is 23.7 Å². The molecular weight excluding hydrogens is 469 g/mol. The van der Waals surface area contributed by atoms with Gasteiger partial charge < -0.3 is 9.64 Å². The van der Waals surface area contributed by atoms with Gasteiger partial charge in [-0.1, -0.05) is 24.3 Å². The van der Waals surface area contributed by atoms with Crippen molar-refractivity contribution in [2.24, 2.45) is 0 Å². The van der Waals surface area contributed by atoms with Crippen molar-refractivity contribution in [2.45, 2.75) is 36.5 Å². The highest BCUT2D eigenvalue weighted by Crippen LogP contribution is 2.31. The van der Waals surface area contributed by atoms with Gasteiger partial charge in [0.1, 0.15) is 0 Å². The molecule has 0 spiro atoms. The largest absolute Gasteiger partial charge is 0.416 e. The van der Waals surface area contributed by atoms with E-state index in [9.17, 15) is 26.4 Å². The fourth-order valence-corrected chi connectivity index (χ4v) is 5.13. The van der Waals surface area contributed by atoms with E-state index in [0.29, 0.717) is 37.4 Å².